The molecule has 1 saturated carbocycles. The number of carbonyl (C=O) groups excluding carboxylic acids is 1. The van der Waals surface area contributed by atoms with Gasteiger partial charge in [0.05, 0.1) is 17.5 Å². The molecular weight excluding hydrogens is 571 g/mol. The molecule has 1 saturated heterocycles. The van der Waals surface area contributed by atoms with E-state index >= 15 is 0 Å². The van der Waals surface area contributed by atoms with Gasteiger partial charge in [0.15, 0.2) is 0 Å². The number of pyridine rings is 1. The summed E-state index contributed by atoms with van der Waals surface area (Å²) in [7, 11) is 1.78. The highest BCUT2D eigenvalue weighted by Gasteiger charge is 2.49. The van der Waals surface area contributed by atoms with Gasteiger partial charge < -0.3 is 9.30 Å². The first-order valence-corrected chi connectivity index (χ1v) is 14.4. The number of anilines is 1. The Morgan fingerprint density at radius 1 is 1.12 bits per heavy atom. The molecule has 0 unspecified atom stereocenters. The molecule has 1 atom stereocenters. The molecule has 1 aromatic carbocycles. The smallest absolute Gasteiger partial charge is 0.416 e. The predicted octanol–water partition coefficient (Wildman–Crippen LogP) is 5.94. The molecule has 230 valence electrons. The van der Waals surface area contributed by atoms with E-state index in [-0.39, 0.29) is 16.9 Å². The molecule has 4 heterocycles. The van der Waals surface area contributed by atoms with Gasteiger partial charge in [0.1, 0.15) is 18.0 Å². The standard InChI is InChI=1S/C30H33F5N6O2/c1-17-5-4-6-40(13-17)14-19-7-21-22(23(8-19)30(33,34)35)15-41(26(21)42)24-9-20(10-25(37-24)43-28(31)32)29(11-18(2)12-29)27-38-36-16-39(27)3/h7-10,16-18,28H,4-6,11-15H2,1-3H3/t17-,18?,29?/m0/s1. The number of alkyl halides is 5. The molecule has 1 amide bonds. The summed E-state index contributed by atoms with van der Waals surface area (Å²) in [4.78, 5) is 21.2. The largest absolute Gasteiger partial charge is 0.417 e. The van der Waals surface area contributed by atoms with E-state index in [2.05, 4.69) is 38.7 Å². The lowest BCUT2D eigenvalue weighted by Gasteiger charge is -2.46. The normalized spacial score (nSPS) is 24.4. The molecule has 8 nitrogen and oxygen atoms in total. The molecule has 3 aromatic rings. The predicted molar refractivity (Wildman–Crippen MR) is 147 cm³/mol. The second kappa shape index (κ2) is 10.8. The summed E-state index contributed by atoms with van der Waals surface area (Å²) < 4.78 is 76.3. The number of ether oxygens (including phenoxy) is 1. The Morgan fingerprint density at radius 2 is 1.88 bits per heavy atom. The molecule has 0 radical (unpaired) electrons. The fraction of sp³-hybridized carbons (Fsp3) is 0.533. The number of aromatic nitrogens is 4. The van der Waals surface area contributed by atoms with E-state index in [9.17, 15) is 26.7 Å². The first-order chi connectivity index (χ1) is 20.3. The summed E-state index contributed by atoms with van der Waals surface area (Å²) in [5.41, 5.74) is -0.862. The monoisotopic (exact) mass is 604 g/mol. The first-order valence-electron chi connectivity index (χ1n) is 14.4. The van der Waals surface area contributed by atoms with Gasteiger partial charge in [-0.15, -0.1) is 10.2 Å². The maximum absolute atomic E-state index is 14.4. The highest BCUT2D eigenvalue weighted by atomic mass is 19.4. The van der Waals surface area contributed by atoms with Crippen molar-refractivity contribution in [2.75, 3.05) is 18.0 Å². The zero-order valence-electron chi connectivity index (χ0n) is 24.2. The summed E-state index contributed by atoms with van der Waals surface area (Å²) in [6.07, 6.45) is 0.138. The van der Waals surface area contributed by atoms with Gasteiger partial charge in [-0.05, 0) is 79.0 Å². The number of benzene rings is 1. The minimum absolute atomic E-state index is 0.0568. The van der Waals surface area contributed by atoms with Crippen molar-refractivity contribution < 1.29 is 31.5 Å². The third kappa shape index (κ3) is 5.47. The van der Waals surface area contributed by atoms with Crippen LogP contribution in [0.1, 0.15) is 78.0 Å². The third-order valence-corrected chi connectivity index (χ3v) is 8.91. The lowest BCUT2D eigenvalue weighted by atomic mass is 9.58. The van der Waals surface area contributed by atoms with Crippen LogP contribution < -0.4 is 9.64 Å². The lowest BCUT2D eigenvalue weighted by Crippen LogP contribution is -2.43. The van der Waals surface area contributed by atoms with Crippen LogP contribution in [-0.2, 0) is 31.7 Å². The minimum atomic E-state index is -4.69. The Bertz CT molecular complexity index is 1530. The average molecular weight is 605 g/mol. The van der Waals surface area contributed by atoms with Crippen LogP contribution in [0.3, 0.4) is 0 Å². The van der Waals surface area contributed by atoms with E-state index in [0.717, 1.165) is 36.9 Å². The van der Waals surface area contributed by atoms with Crippen LogP contribution in [0.5, 0.6) is 5.88 Å². The molecule has 6 rings (SSSR count). The zero-order valence-corrected chi connectivity index (χ0v) is 24.2. The summed E-state index contributed by atoms with van der Waals surface area (Å²) in [5, 5.41) is 8.27. The SMILES string of the molecule is CC1CC(c2cc(OC(F)F)nc(N3Cc4c(cc(CN5CCC[C@H](C)C5)cc4C(F)(F)F)C3=O)c2)(c2nncn2C)C1. The lowest BCUT2D eigenvalue weighted by molar-refractivity contribution is -0.138. The van der Waals surface area contributed by atoms with Gasteiger partial charge in [0.25, 0.3) is 5.91 Å². The quantitative estimate of drug-likeness (QED) is 0.311. The molecule has 0 bridgehead atoms. The second-order valence-corrected chi connectivity index (χ2v) is 12.3. The molecule has 2 aromatic heterocycles. The number of fused-ring (bicyclic) bond motifs is 1. The van der Waals surface area contributed by atoms with Crippen LogP contribution in [0.2, 0.25) is 0 Å². The van der Waals surface area contributed by atoms with Crippen molar-refractivity contribution in [3.8, 4) is 5.88 Å². The van der Waals surface area contributed by atoms with E-state index in [1.807, 2.05) is 0 Å². The van der Waals surface area contributed by atoms with Crippen LogP contribution in [0.4, 0.5) is 27.8 Å². The van der Waals surface area contributed by atoms with Gasteiger partial charge in [0.2, 0.25) is 5.88 Å². The van der Waals surface area contributed by atoms with Crippen molar-refractivity contribution in [1.82, 2.24) is 24.6 Å². The molecule has 13 heteroatoms. The van der Waals surface area contributed by atoms with Crippen molar-refractivity contribution in [1.29, 1.82) is 0 Å². The van der Waals surface area contributed by atoms with Crippen LogP contribution in [0.15, 0.2) is 30.6 Å². The van der Waals surface area contributed by atoms with E-state index in [0.29, 0.717) is 48.2 Å². The average Bonchev–Trinajstić information content (AvgIpc) is 3.48. The molecule has 0 spiro atoms. The van der Waals surface area contributed by atoms with Gasteiger partial charge in [-0.2, -0.15) is 26.9 Å². The van der Waals surface area contributed by atoms with Gasteiger partial charge in [0, 0.05) is 31.8 Å². The highest BCUT2D eigenvalue weighted by molar-refractivity contribution is 6.10. The van der Waals surface area contributed by atoms with Crippen LogP contribution >= 0.6 is 0 Å². The third-order valence-electron chi connectivity index (χ3n) is 8.91. The van der Waals surface area contributed by atoms with Gasteiger partial charge >= 0.3 is 12.8 Å². The summed E-state index contributed by atoms with van der Waals surface area (Å²) in [6.45, 7) is 2.42. The number of carbonyl (C=O) groups is 1. The Labute approximate surface area is 245 Å². The highest BCUT2D eigenvalue weighted by Crippen LogP contribution is 2.52. The van der Waals surface area contributed by atoms with Crippen LogP contribution in [0, 0.1) is 11.8 Å². The number of piperidine rings is 1. The second-order valence-electron chi connectivity index (χ2n) is 12.3. The zero-order chi connectivity index (χ0) is 30.7. The van der Waals surface area contributed by atoms with Crippen molar-refractivity contribution in [3.05, 3.63) is 64.2 Å². The number of nitrogens with zero attached hydrogens (tertiary/aromatic N) is 6. The Morgan fingerprint density at radius 3 is 2.51 bits per heavy atom. The van der Waals surface area contributed by atoms with Crippen molar-refractivity contribution in [3.63, 3.8) is 0 Å². The number of hydrogen-bond acceptors (Lipinski definition) is 6. The van der Waals surface area contributed by atoms with Gasteiger partial charge in [-0.25, -0.2) is 0 Å². The van der Waals surface area contributed by atoms with E-state index in [1.165, 1.54) is 12.1 Å². The van der Waals surface area contributed by atoms with Crippen molar-refractivity contribution >= 4 is 11.7 Å². The van der Waals surface area contributed by atoms with Crippen molar-refractivity contribution in [2.45, 2.75) is 70.8 Å². The Balaban J connectivity index is 1.41. The summed E-state index contributed by atoms with van der Waals surface area (Å²) in [6, 6.07) is 5.62. The molecule has 0 N–H and O–H groups in total. The fourth-order valence-electron chi connectivity index (χ4n) is 7.14. The molecule has 43 heavy (non-hydrogen) atoms. The van der Waals surface area contributed by atoms with E-state index in [4.69, 9.17) is 0 Å². The number of aryl methyl sites for hydroxylation is 1. The molecule has 1 aliphatic carbocycles. The number of amides is 1. The van der Waals surface area contributed by atoms with Gasteiger partial charge in [-0.3, -0.25) is 14.6 Å². The summed E-state index contributed by atoms with van der Waals surface area (Å²) in [5.74, 6) is 0.183. The number of hydrogen-bond donors (Lipinski definition) is 0. The topological polar surface area (TPSA) is 76.4 Å². The van der Waals surface area contributed by atoms with Gasteiger partial charge in [-0.1, -0.05) is 13.8 Å². The van der Waals surface area contributed by atoms with Crippen molar-refractivity contribution in [2.24, 2.45) is 18.9 Å². The summed E-state index contributed by atoms with van der Waals surface area (Å²) >= 11 is 0. The number of likely N-dealkylation sites (tertiary alicyclic amines) is 1. The molecule has 3 aliphatic rings. The molecular formula is C30H33F5N6O2. The molecule has 2 aliphatic heterocycles. The Hall–Kier alpha value is -3.61. The maximum Gasteiger partial charge on any atom is 0.416 e. The first kappa shape index (κ1) is 29.5. The number of rotatable bonds is 7. The fourth-order valence-corrected chi connectivity index (χ4v) is 7.14. The van der Waals surface area contributed by atoms with E-state index < -0.39 is 42.1 Å². The van der Waals surface area contributed by atoms with E-state index in [1.54, 1.807) is 24.0 Å². The number of halogens is 5. The van der Waals surface area contributed by atoms with Crippen LogP contribution in [-0.4, -0.2) is 50.3 Å². The maximum atomic E-state index is 14.4. The minimum Gasteiger partial charge on any atom is -0.417 e. The van der Waals surface area contributed by atoms with Crippen LogP contribution in [0.25, 0.3) is 0 Å². The molecule has 2 fully saturated rings. The Kier molecular flexibility index (Phi) is 7.42.